The molecule has 6 nitrogen and oxygen atoms in total. The van der Waals surface area contributed by atoms with Crippen molar-refractivity contribution in [2.24, 2.45) is 0 Å². The van der Waals surface area contributed by atoms with E-state index in [2.05, 4.69) is 87.3 Å². The average Bonchev–Trinajstić information content (AvgIpc) is 3.66. The summed E-state index contributed by atoms with van der Waals surface area (Å²) in [6, 6.07) is 43.7. The van der Waals surface area contributed by atoms with Crippen molar-refractivity contribution in [3.63, 3.8) is 0 Å². The maximum absolute atomic E-state index is 6.72. The van der Waals surface area contributed by atoms with Gasteiger partial charge in [-0.05, 0) is 53.9 Å². The molecule has 0 amide bonds. The normalized spacial score (nSPS) is 15.9. The van der Waals surface area contributed by atoms with Crippen molar-refractivity contribution in [3.8, 4) is 23.1 Å². The smallest absolute Gasteiger partial charge is 0.540 e. The van der Waals surface area contributed by atoms with E-state index in [1.54, 1.807) is 12.4 Å². The molecular weight excluding hydrogens is 764 g/mol. The number of hydrogen-bond donors (Lipinski definition) is 0. The predicted octanol–water partition coefficient (Wildman–Crippen LogP) is 9.40. The second-order valence-electron chi connectivity index (χ2n) is 11.2. The molecule has 2 unspecified atom stereocenters. The molecule has 0 N–H and O–H groups in total. The Morgan fingerprint density at radius 3 is 2.36 bits per heavy atom. The van der Waals surface area contributed by atoms with E-state index in [0.29, 0.717) is 17.2 Å². The minimum Gasteiger partial charge on any atom is -0.540 e. The van der Waals surface area contributed by atoms with Crippen LogP contribution in [0.15, 0.2) is 146 Å². The Labute approximate surface area is 286 Å². The van der Waals surface area contributed by atoms with Crippen molar-refractivity contribution in [3.05, 3.63) is 164 Å². The fraction of sp³-hybridized carbons (Fsp3) is 0.0500. The van der Waals surface area contributed by atoms with Crippen LogP contribution >= 0.6 is 0 Å². The van der Waals surface area contributed by atoms with Crippen LogP contribution in [-0.4, -0.2) is 20.6 Å². The molecular formula is C40H26N4O2Pt. The number of aromatic nitrogens is 3. The Hall–Kier alpha value is -5.45. The summed E-state index contributed by atoms with van der Waals surface area (Å²) in [5.74, 6) is 3.38. The summed E-state index contributed by atoms with van der Waals surface area (Å²) in [5, 5.41) is 2.19. The molecule has 0 radical (unpaired) electrons. The minimum atomic E-state index is -0.121. The van der Waals surface area contributed by atoms with Crippen molar-refractivity contribution in [1.29, 1.82) is 0 Å². The van der Waals surface area contributed by atoms with Gasteiger partial charge in [0.05, 0.1) is 11.5 Å². The average molecular weight is 790 g/mol. The molecule has 7 heteroatoms. The molecule has 4 heterocycles. The molecule has 1 aliphatic carbocycles. The van der Waals surface area contributed by atoms with Gasteiger partial charge in [0.25, 0.3) is 0 Å². The number of anilines is 3. The molecule has 9 rings (SSSR count). The second-order valence-corrected chi connectivity index (χ2v) is 11.2. The van der Waals surface area contributed by atoms with E-state index in [-0.39, 0.29) is 33.1 Å². The number of hydrogen-bond acceptors (Lipinski definition) is 5. The van der Waals surface area contributed by atoms with Crippen LogP contribution in [0.3, 0.4) is 0 Å². The van der Waals surface area contributed by atoms with Gasteiger partial charge in [-0.1, -0.05) is 78.0 Å². The first-order chi connectivity index (χ1) is 22.8. The van der Waals surface area contributed by atoms with Crippen LogP contribution in [-0.2, 0) is 21.1 Å². The molecule has 0 spiro atoms. The first kappa shape index (κ1) is 29.0. The number of allylic oxidation sites excluding steroid dienone is 2. The number of para-hydroxylation sites is 2. The van der Waals surface area contributed by atoms with Gasteiger partial charge in [0.2, 0.25) is 0 Å². The van der Waals surface area contributed by atoms with Crippen LogP contribution in [0.25, 0.3) is 27.6 Å². The van der Waals surface area contributed by atoms with E-state index in [9.17, 15) is 0 Å². The van der Waals surface area contributed by atoms with Gasteiger partial charge in [-0.25, -0.2) is 9.97 Å². The van der Waals surface area contributed by atoms with Gasteiger partial charge < -0.3 is 18.9 Å². The van der Waals surface area contributed by atoms with Crippen LogP contribution in [0.4, 0.5) is 17.2 Å². The van der Waals surface area contributed by atoms with Crippen molar-refractivity contribution in [1.82, 2.24) is 14.5 Å². The third-order valence-corrected chi connectivity index (χ3v) is 8.48. The van der Waals surface area contributed by atoms with Gasteiger partial charge in [0, 0.05) is 35.3 Å². The summed E-state index contributed by atoms with van der Waals surface area (Å²) >= 11 is 0. The molecule has 4 aromatic carbocycles. The van der Waals surface area contributed by atoms with Gasteiger partial charge in [-0.3, -0.25) is 0 Å². The van der Waals surface area contributed by atoms with Crippen LogP contribution in [0.1, 0.15) is 11.5 Å². The van der Waals surface area contributed by atoms with Crippen LogP contribution in [0.2, 0.25) is 0 Å². The minimum absolute atomic E-state index is 0. The summed E-state index contributed by atoms with van der Waals surface area (Å²) < 4.78 is 15.4. The molecule has 2 atom stereocenters. The summed E-state index contributed by atoms with van der Waals surface area (Å²) in [6.45, 7) is 0. The summed E-state index contributed by atoms with van der Waals surface area (Å²) in [6.07, 6.45) is 11.9. The largest absolute Gasteiger partial charge is 2.00 e. The maximum Gasteiger partial charge on any atom is 2.00 e. The molecule has 1 aliphatic heterocycles. The molecule has 228 valence electrons. The topological polar surface area (TPSA) is 52.4 Å². The number of ether oxygens (including phenoxy) is 2. The predicted molar refractivity (Wildman–Crippen MR) is 181 cm³/mol. The van der Waals surface area contributed by atoms with Crippen LogP contribution < -0.4 is 14.4 Å². The van der Waals surface area contributed by atoms with E-state index in [4.69, 9.17) is 14.5 Å². The Bertz CT molecular complexity index is 2250. The Kier molecular flexibility index (Phi) is 7.43. The standard InChI is InChI=1S/C40H26N4O2.Pt/c1-2-12-27(13-3-1)43(38-18-8-10-22-41-38)28-24-33-32-15-5-7-17-36(32)46-40(33)37(25-28)45-29-20-21-31-30-14-4-6-16-34(30)44(35(31)26-29)39-19-9-11-23-42-39;/h1-24,32,36H;/q-2;+2. The molecule has 0 fully saturated rings. The number of rotatable bonds is 6. The van der Waals surface area contributed by atoms with E-state index in [1.165, 1.54) is 0 Å². The van der Waals surface area contributed by atoms with E-state index < -0.39 is 0 Å². The van der Waals surface area contributed by atoms with Gasteiger partial charge >= 0.3 is 21.1 Å². The second kappa shape index (κ2) is 12.0. The maximum atomic E-state index is 6.72. The molecule has 7 aromatic rings. The van der Waals surface area contributed by atoms with Gasteiger partial charge in [0.15, 0.2) is 0 Å². The monoisotopic (exact) mass is 789 g/mol. The third-order valence-electron chi connectivity index (χ3n) is 8.48. The number of fused-ring (bicyclic) bond motifs is 6. The van der Waals surface area contributed by atoms with Crippen LogP contribution in [0, 0.1) is 12.1 Å². The summed E-state index contributed by atoms with van der Waals surface area (Å²) in [5.41, 5.74) is 4.74. The third kappa shape index (κ3) is 5.02. The quantitative estimate of drug-likeness (QED) is 0.157. The van der Waals surface area contributed by atoms with E-state index in [1.807, 2.05) is 72.8 Å². The Balaban J connectivity index is 0.00000324. The van der Waals surface area contributed by atoms with Gasteiger partial charge in [-0.15, -0.1) is 35.2 Å². The Morgan fingerprint density at radius 1 is 0.745 bits per heavy atom. The van der Waals surface area contributed by atoms with Crippen LogP contribution in [0.5, 0.6) is 17.2 Å². The molecule has 0 bridgehead atoms. The van der Waals surface area contributed by atoms with Crippen molar-refractivity contribution < 1.29 is 30.5 Å². The molecule has 0 saturated carbocycles. The SMILES string of the molecule is [Pt+2].[c-]1c(N(c2ccccc2)c2ccccn2)cc2c(c1Oc1[c-]c3c(cc1)c1ccccc1n3-c1ccccn1)OC1C=CC=CC21. The summed E-state index contributed by atoms with van der Waals surface area (Å²) in [4.78, 5) is 11.5. The van der Waals surface area contributed by atoms with E-state index in [0.717, 1.165) is 50.4 Å². The van der Waals surface area contributed by atoms with E-state index >= 15 is 0 Å². The molecule has 2 aliphatic rings. The molecule has 3 aromatic heterocycles. The fourth-order valence-electron chi connectivity index (χ4n) is 6.46. The zero-order chi connectivity index (χ0) is 30.5. The van der Waals surface area contributed by atoms with Crippen molar-refractivity contribution in [2.75, 3.05) is 4.90 Å². The van der Waals surface area contributed by atoms with Crippen molar-refractivity contribution >= 4 is 39.0 Å². The number of pyridine rings is 2. The molecule has 0 saturated heterocycles. The van der Waals surface area contributed by atoms with Gasteiger partial charge in [-0.2, -0.15) is 6.07 Å². The number of benzene rings is 4. The zero-order valence-corrected chi connectivity index (χ0v) is 27.2. The summed E-state index contributed by atoms with van der Waals surface area (Å²) in [7, 11) is 0. The number of nitrogens with zero attached hydrogens (tertiary/aromatic N) is 4. The molecule has 47 heavy (non-hydrogen) atoms. The van der Waals surface area contributed by atoms with Gasteiger partial charge in [0.1, 0.15) is 17.7 Å². The Morgan fingerprint density at radius 2 is 1.53 bits per heavy atom. The first-order valence-electron chi connectivity index (χ1n) is 15.2. The first-order valence-corrected chi connectivity index (χ1v) is 15.2. The fourth-order valence-corrected chi connectivity index (χ4v) is 6.46. The van der Waals surface area contributed by atoms with Crippen molar-refractivity contribution in [2.45, 2.75) is 12.0 Å². The zero-order valence-electron chi connectivity index (χ0n) is 24.9.